The zero-order valence-corrected chi connectivity index (χ0v) is 22.9. The van der Waals surface area contributed by atoms with Crippen LogP contribution in [0.4, 0.5) is 5.69 Å². The quantitative estimate of drug-likeness (QED) is 0.384. The van der Waals surface area contributed by atoms with Gasteiger partial charge in [0.25, 0.3) is 0 Å². The summed E-state index contributed by atoms with van der Waals surface area (Å²) in [6, 6.07) is 12.9. The van der Waals surface area contributed by atoms with Crippen molar-refractivity contribution >= 4 is 32.8 Å². The first-order chi connectivity index (χ1) is 18.1. The number of hydrogen-bond acceptors (Lipinski definition) is 7. The molecule has 4 aromatic rings. The molecule has 0 unspecified atom stereocenters. The Morgan fingerprint density at radius 3 is 2.35 bits per heavy atom. The van der Waals surface area contributed by atoms with E-state index in [0.717, 1.165) is 98.2 Å². The number of piperazine rings is 2. The minimum atomic E-state index is 0.760. The van der Waals surface area contributed by atoms with E-state index in [9.17, 15) is 0 Å². The van der Waals surface area contributed by atoms with Gasteiger partial charge in [-0.05, 0) is 46.2 Å². The van der Waals surface area contributed by atoms with Crippen molar-refractivity contribution in [1.29, 1.82) is 0 Å². The molecule has 2 aliphatic heterocycles. The molecule has 3 aromatic heterocycles. The van der Waals surface area contributed by atoms with Crippen molar-refractivity contribution in [2.75, 3.05) is 64.3 Å². The highest BCUT2D eigenvalue weighted by molar-refractivity contribution is 9.10. The van der Waals surface area contributed by atoms with Crippen LogP contribution in [0.3, 0.4) is 0 Å². The maximum Gasteiger partial charge on any atom is 0.180 e. The lowest BCUT2D eigenvalue weighted by atomic mass is 10.1. The first-order valence-electron chi connectivity index (χ1n) is 13.0. The average Bonchev–Trinajstić information content (AvgIpc) is 3.36. The summed E-state index contributed by atoms with van der Waals surface area (Å²) in [5.74, 6) is 0.872. The molecule has 0 aliphatic carbocycles. The fraction of sp³-hybridized carbons (Fsp3) is 0.393. The number of rotatable bonds is 6. The van der Waals surface area contributed by atoms with Gasteiger partial charge in [0.15, 0.2) is 5.65 Å². The largest absolute Gasteiger partial charge is 0.366 e. The zero-order chi connectivity index (χ0) is 25.2. The number of fused-ring (bicyclic) bond motifs is 1. The summed E-state index contributed by atoms with van der Waals surface area (Å²) in [5.41, 5.74) is 6.59. The molecule has 6 rings (SSSR count). The van der Waals surface area contributed by atoms with Crippen molar-refractivity contribution in [2.45, 2.75) is 13.1 Å². The van der Waals surface area contributed by atoms with Crippen LogP contribution < -0.4 is 4.90 Å². The minimum Gasteiger partial charge on any atom is -0.366 e. The van der Waals surface area contributed by atoms with Gasteiger partial charge in [-0.3, -0.25) is 14.8 Å². The molecule has 2 saturated heterocycles. The summed E-state index contributed by atoms with van der Waals surface area (Å²) in [6.07, 6.45) is 5.67. The predicted molar refractivity (Wildman–Crippen MR) is 152 cm³/mol. The molecule has 192 valence electrons. The molecule has 0 bridgehead atoms. The summed E-state index contributed by atoms with van der Waals surface area (Å²) >= 11 is 3.78. The summed E-state index contributed by atoms with van der Waals surface area (Å²) in [5, 5.41) is 0. The molecular formula is C28H33BrN8. The molecule has 0 saturated carbocycles. The van der Waals surface area contributed by atoms with Crippen molar-refractivity contribution in [1.82, 2.24) is 34.6 Å². The van der Waals surface area contributed by atoms with E-state index in [1.54, 1.807) is 0 Å². The van der Waals surface area contributed by atoms with Gasteiger partial charge in [0.05, 0.1) is 10.2 Å². The van der Waals surface area contributed by atoms with Gasteiger partial charge in [0.1, 0.15) is 11.3 Å². The van der Waals surface area contributed by atoms with Gasteiger partial charge in [0, 0.05) is 89.6 Å². The molecule has 0 amide bonds. The van der Waals surface area contributed by atoms with Crippen LogP contribution in [-0.4, -0.2) is 94.0 Å². The Morgan fingerprint density at radius 2 is 1.59 bits per heavy atom. The van der Waals surface area contributed by atoms with Gasteiger partial charge in [-0.1, -0.05) is 24.3 Å². The fourth-order valence-corrected chi connectivity index (χ4v) is 5.88. The lowest BCUT2D eigenvalue weighted by Gasteiger charge is -2.36. The minimum absolute atomic E-state index is 0.760. The Morgan fingerprint density at radius 1 is 0.865 bits per heavy atom. The number of aromatic nitrogens is 4. The Hall–Kier alpha value is -2.85. The number of likely N-dealkylation sites (N-methyl/N-ethyl adjacent to an activating group) is 1. The molecule has 0 spiro atoms. The normalized spacial score (nSPS) is 18.1. The molecule has 2 aliphatic rings. The van der Waals surface area contributed by atoms with E-state index in [0.29, 0.717) is 0 Å². The van der Waals surface area contributed by atoms with E-state index in [-0.39, 0.29) is 0 Å². The van der Waals surface area contributed by atoms with E-state index in [1.165, 1.54) is 11.1 Å². The number of benzene rings is 1. The third-order valence-corrected chi connectivity index (χ3v) is 8.05. The van der Waals surface area contributed by atoms with Crippen molar-refractivity contribution in [2.24, 2.45) is 0 Å². The lowest BCUT2D eigenvalue weighted by Crippen LogP contribution is -2.46. The number of nitrogens with one attached hydrogen (secondary N) is 1. The predicted octanol–water partition coefficient (Wildman–Crippen LogP) is 3.85. The van der Waals surface area contributed by atoms with Crippen molar-refractivity contribution < 1.29 is 0 Å². The number of hydrogen-bond donors (Lipinski definition) is 1. The van der Waals surface area contributed by atoms with Gasteiger partial charge in [0.2, 0.25) is 0 Å². The average molecular weight is 562 g/mol. The molecule has 5 heterocycles. The van der Waals surface area contributed by atoms with Crippen LogP contribution in [0, 0.1) is 0 Å². The second kappa shape index (κ2) is 10.9. The van der Waals surface area contributed by atoms with Gasteiger partial charge >= 0.3 is 0 Å². The van der Waals surface area contributed by atoms with Gasteiger partial charge in [-0.2, -0.15) is 0 Å². The molecule has 1 N–H and O–H groups in total. The van der Waals surface area contributed by atoms with Crippen molar-refractivity contribution in [3.8, 4) is 11.4 Å². The molecule has 8 nitrogen and oxygen atoms in total. The third-order valence-electron chi connectivity index (χ3n) is 7.47. The van der Waals surface area contributed by atoms with Gasteiger partial charge < -0.3 is 14.8 Å². The number of nitrogens with zero attached hydrogens (tertiary/aromatic N) is 7. The van der Waals surface area contributed by atoms with E-state index in [4.69, 9.17) is 4.98 Å². The maximum atomic E-state index is 4.90. The monoisotopic (exact) mass is 560 g/mol. The van der Waals surface area contributed by atoms with Gasteiger partial charge in [-0.25, -0.2) is 9.97 Å². The van der Waals surface area contributed by atoms with Gasteiger partial charge in [-0.15, -0.1) is 0 Å². The van der Waals surface area contributed by atoms with Crippen LogP contribution in [0.25, 0.3) is 22.6 Å². The second-order valence-electron chi connectivity index (χ2n) is 10.1. The zero-order valence-electron chi connectivity index (χ0n) is 21.3. The SMILES string of the molecule is CN1CCN(Cc2cccc(-c3nc4ncc(Br)c(N5CCN(Cc6cccnc6)CC5)c4[nH]3)c2)CC1. The molecular weight excluding hydrogens is 528 g/mol. The van der Waals surface area contributed by atoms with E-state index in [2.05, 4.69) is 87.9 Å². The number of anilines is 1. The van der Waals surface area contributed by atoms with Crippen LogP contribution in [0.15, 0.2) is 59.5 Å². The summed E-state index contributed by atoms with van der Waals surface area (Å²) in [7, 11) is 2.20. The topological polar surface area (TPSA) is 67.4 Å². The number of H-pyrrole nitrogens is 1. The first-order valence-corrected chi connectivity index (χ1v) is 13.8. The highest BCUT2D eigenvalue weighted by Crippen LogP contribution is 2.34. The highest BCUT2D eigenvalue weighted by Gasteiger charge is 2.23. The Balaban J connectivity index is 1.20. The van der Waals surface area contributed by atoms with E-state index in [1.807, 2.05) is 24.7 Å². The lowest BCUT2D eigenvalue weighted by molar-refractivity contribution is 0.148. The summed E-state index contributed by atoms with van der Waals surface area (Å²) in [6.45, 7) is 10.3. The standard InChI is InChI=1S/C28H33BrN8/c1-34-8-10-35(11-9-34)19-21-4-2-6-23(16-21)27-32-25-26(24(29)18-31-28(25)33-27)37-14-12-36(13-15-37)20-22-5-3-7-30-17-22/h2-7,16-18H,8-15,19-20H2,1H3,(H,31,32,33). The summed E-state index contributed by atoms with van der Waals surface area (Å²) < 4.78 is 1.000. The van der Waals surface area contributed by atoms with Crippen molar-refractivity contribution in [3.05, 3.63) is 70.6 Å². The van der Waals surface area contributed by atoms with E-state index < -0.39 is 0 Å². The molecule has 1 aromatic carbocycles. The van der Waals surface area contributed by atoms with E-state index >= 15 is 0 Å². The molecule has 9 heteroatoms. The first kappa shape index (κ1) is 24.5. The summed E-state index contributed by atoms with van der Waals surface area (Å²) in [4.78, 5) is 27.3. The number of pyridine rings is 2. The number of imidazole rings is 1. The number of aromatic amines is 1. The third kappa shape index (κ3) is 5.55. The number of halogens is 1. The highest BCUT2D eigenvalue weighted by atomic mass is 79.9. The fourth-order valence-electron chi connectivity index (χ4n) is 5.33. The molecule has 0 radical (unpaired) electrons. The van der Waals surface area contributed by atoms with Crippen LogP contribution in [-0.2, 0) is 13.1 Å². The van der Waals surface area contributed by atoms with Crippen LogP contribution in [0.5, 0.6) is 0 Å². The Labute approximate surface area is 226 Å². The Kier molecular flexibility index (Phi) is 7.19. The van der Waals surface area contributed by atoms with Crippen LogP contribution in [0.2, 0.25) is 0 Å². The molecule has 37 heavy (non-hydrogen) atoms. The second-order valence-corrected chi connectivity index (χ2v) is 11.0. The smallest absolute Gasteiger partial charge is 0.180 e. The van der Waals surface area contributed by atoms with Crippen LogP contribution >= 0.6 is 15.9 Å². The molecule has 2 fully saturated rings. The van der Waals surface area contributed by atoms with Crippen molar-refractivity contribution in [3.63, 3.8) is 0 Å². The van der Waals surface area contributed by atoms with Crippen LogP contribution in [0.1, 0.15) is 11.1 Å². The Bertz CT molecular complexity index is 1340. The maximum absolute atomic E-state index is 4.90. The molecule has 0 atom stereocenters.